The SMILES string of the molecule is C=CN1CCN(c2ccc(NC3CCC(=O)NC3=O)cc2F)CC1.COC(C)(C)C. The molecule has 0 radical (unpaired) electrons. The Morgan fingerprint density at radius 3 is 2.37 bits per heavy atom. The van der Waals surface area contributed by atoms with Gasteiger partial charge in [-0.2, -0.15) is 0 Å². The number of carbonyl (C=O) groups excluding carboxylic acids is 2. The highest BCUT2D eigenvalue weighted by atomic mass is 19.1. The number of piperazine rings is 1. The van der Waals surface area contributed by atoms with Crippen LogP contribution in [0.1, 0.15) is 33.6 Å². The number of piperidine rings is 1. The van der Waals surface area contributed by atoms with Crippen LogP contribution in [0.4, 0.5) is 15.8 Å². The van der Waals surface area contributed by atoms with Crippen LogP contribution in [0.25, 0.3) is 0 Å². The van der Waals surface area contributed by atoms with Gasteiger partial charge in [-0.1, -0.05) is 6.58 Å². The Labute approximate surface area is 178 Å². The van der Waals surface area contributed by atoms with Crippen molar-refractivity contribution in [3.63, 3.8) is 0 Å². The number of benzene rings is 1. The van der Waals surface area contributed by atoms with Gasteiger partial charge in [-0.15, -0.1) is 0 Å². The summed E-state index contributed by atoms with van der Waals surface area (Å²) in [5.41, 5.74) is 1.14. The second-order valence-corrected chi connectivity index (χ2v) is 8.34. The van der Waals surface area contributed by atoms with Crippen LogP contribution in [-0.4, -0.2) is 61.6 Å². The van der Waals surface area contributed by atoms with Crippen LogP contribution < -0.4 is 15.5 Å². The van der Waals surface area contributed by atoms with Gasteiger partial charge >= 0.3 is 0 Å². The average molecular weight is 421 g/mol. The number of anilines is 2. The molecule has 166 valence electrons. The molecule has 8 heteroatoms. The molecule has 30 heavy (non-hydrogen) atoms. The van der Waals surface area contributed by atoms with Gasteiger partial charge in [0.15, 0.2) is 0 Å². The van der Waals surface area contributed by atoms with Crippen molar-refractivity contribution in [2.24, 2.45) is 0 Å². The molecule has 1 aromatic rings. The minimum Gasteiger partial charge on any atom is -0.379 e. The fourth-order valence-electron chi connectivity index (χ4n) is 3.03. The van der Waals surface area contributed by atoms with Gasteiger partial charge in [0.2, 0.25) is 11.8 Å². The number of hydrogen-bond donors (Lipinski definition) is 2. The Morgan fingerprint density at radius 1 is 1.23 bits per heavy atom. The molecule has 0 aliphatic carbocycles. The highest BCUT2D eigenvalue weighted by molar-refractivity contribution is 6.01. The molecule has 1 atom stereocenters. The first kappa shape index (κ1) is 23.7. The molecular formula is C22H33FN4O3. The number of ether oxygens (including phenoxy) is 1. The van der Waals surface area contributed by atoms with Crippen molar-refractivity contribution in [3.05, 3.63) is 36.8 Å². The third-order valence-corrected chi connectivity index (χ3v) is 5.05. The molecule has 2 aliphatic rings. The van der Waals surface area contributed by atoms with Gasteiger partial charge in [0.25, 0.3) is 0 Å². The van der Waals surface area contributed by atoms with Crippen LogP contribution in [0, 0.1) is 5.82 Å². The van der Waals surface area contributed by atoms with E-state index in [-0.39, 0.29) is 29.7 Å². The molecule has 0 saturated carbocycles. The smallest absolute Gasteiger partial charge is 0.249 e. The summed E-state index contributed by atoms with van der Waals surface area (Å²) in [6, 6.07) is 4.39. The topological polar surface area (TPSA) is 73.9 Å². The molecule has 2 saturated heterocycles. The van der Waals surface area contributed by atoms with E-state index in [9.17, 15) is 14.0 Å². The number of hydrogen-bond acceptors (Lipinski definition) is 6. The van der Waals surface area contributed by atoms with E-state index in [0.717, 1.165) is 26.2 Å². The molecule has 0 aromatic heterocycles. The van der Waals surface area contributed by atoms with Crippen molar-refractivity contribution >= 4 is 23.2 Å². The maximum atomic E-state index is 14.5. The van der Waals surface area contributed by atoms with Crippen molar-refractivity contribution in [1.82, 2.24) is 10.2 Å². The molecule has 2 heterocycles. The predicted molar refractivity (Wildman–Crippen MR) is 117 cm³/mol. The van der Waals surface area contributed by atoms with Crippen LogP contribution in [0.5, 0.6) is 0 Å². The summed E-state index contributed by atoms with van der Waals surface area (Å²) in [6.07, 6.45) is 2.51. The van der Waals surface area contributed by atoms with E-state index in [2.05, 4.69) is 22.1 Å². The number of carbonyl (C=O) groups is 2. The molecule has 2 amide bonds. The number of imide groups is 1. The Bertz CT molecular complexity index is 755. The lowest BCUT2D eigenvalue weighted by atomic mass is 10.1. The van der Waals surface area contributed by atoms with E-state index in [1.54, 1.807) is 25.4 Å². The Hall–Kier alpha value is -2.61. The summed E-state index contributed by atoms with van der Waals surface area (Å²) in [5.74, 6) is -0.950. The average Bonchev–Trinajstić information content (AvgIpc) is 2.70. The number of nitrogens with zero attached hydrogens (tertiary/aromatic N) is 2. The molecule has 0 bridgehead atoms. The second kappa shape index (κ2) is 10.4. The van der Waals surface area contributed by atoms with E-state index < -0.39 is 6.04 Å². The molecule has 1 unspecified atom stereocenters. The molecule has 3 rings (SSSR count). The molecule has 0 spiro atoms. The molecule has 2 fully saturated rings. The highest BCUT2D eigenvalue weighted by Gasteiger charge is 2.26. The monoisotopic (exact) mass is 420 g/mol. The third-order valence-electron chi connectivity index (χ3n) is 5.05. The Kier molecular flexibility index (Phi) is 8.23. The van der Waals surface area contributed by atoms with Gasteiger partial charge < -0.3 is 19.9 Å². The van der Waals surface area contributed by atoms with Gasteiger partial charge in [-0.3, -0.25) is 14.9 Å². The van der Waals surface area contributed by atoms with Crippen LogP contribution in [0.2, 0.25) is 0 Å². The van der Waals surface area contributed by atoms with E-state index in [1.165, 1.54) is 6.07 Å². The number of methoxy groups -OCH3 is 1. The summed E-state index contributed by atoms with van der Waals surface area (Å²) >= 11 is 0. The fourth-order valence-corrected chi connectivity index (χ4v) is 3.03. The van der Waals surface area contributed by atoms with Gasteiger partial charge in [-0.05, 0) is 51.6 Å². The minimum atomic E-state index is -0.510. The fraction of sp³-hybridized carbons (Fsp3) is 0.545. The van der Waals surface area contributed by atoms with Crippen molar-refractivity contribution in [2.75, 3.05) is 43.5 Å². The first-order valence-corrected chi connectivity index (χ1v) is 10.2. The van der Waals surface area contributed by atoms with Crippen molar-refractivity contribution in [1.29, 1.82) is 0 Å². The van der Waals surface area contributed by atoms with E-state index >= 15 is 0 Å². The zero-order valence-corrected chi connectivity index (χ0v) is 18.3. The summed E-state index contributed by atoms with van der Waals surface area (Å²) in [4.78, 5) is 27.0. The van der Waals surface area contributed by atoms with Gasteiger partial charge in [0.05, 0.1) is 11.3 Å². The molecule has 1 aromatic carbocycles. The zero-order valence-electron chi connectivity index (χ0n) is 18.3. The molecule has 2 N–H and O–H groups in total. The lowest BCUT2D eigenvalue weighted by molar-refractivity contribution is -0.133. The highest BCUT2D eigenvalue weighted by Crippen LogP contribution is 2.25. The van der Waals surface area contributed by atoms with E-state index in [4.69, 9.17) is 4.74 Å². The normalized spacial score (nSPS) is 19.6. The Balaban J connectivity index is 0.000000469. The second-order valence-electron chi connectivity index (χ2n) is 8.34. The largest absolute Gasteiger partial charge is 0.379 e. The number of halogens is 1. The van der Waals surface area contributed by atoms with Gasteiger partial charge in [0, 0.05) is 45.4 Å². The molecule has 2 aliphatic heterocycles. The van der Waals surface area contributed by atoms with Gasteiger partial charge in [-0.25, -0.2) is 4.39 Å². The number of amides is 2. The molecular weight excluding hydrogens is 387 g/mol. The quantitative estimate of drug-likeness (QED) is 0.730. The third kappa shape index (κ3) is 7.02. The standard InChI is InChI=1S/C17H21FN4O2.C5H12O/c1-2-21-7-9-22(10-8-21)15-5-3-12(11-13(15)18)19-14-4-6-16(23)20-17(14)24;1-5(2,3)6-4/h2-3,5,11,14,19H,1,4,6-10H2,(H,20,23,24);1-4H3. The van der Waals surface area contributed by atoms with Crippen LogP contribution in [0.15, 0.2) is 31.0 Å². The molecule has 7 nitrogen and oxygen atoms in total. The summed E-state index contributed by atoms with van der Waals surface area (Å²) in [7, 11) is 1.71. The van der Waals surface area contributed by atoms with E-state index in [1.807, 2.05) is 25.7 Å². The first-order valence-electron chi connectivity index (χ1n) is 10.2. The Morgan fingerprint density at radius 2 is 1.87 bits per heavy atom. The zero-order chi connectivity index (χ0) is 22.3. The van der Waals surface area contributed by atoms with Crippen LogP contribution >= 0.6 is 0 Å². The number of nitrogens with one attached hydrogen (secondary N) is 2. The predicted octanol–water partition coefficient (Wildman–Crippen LogP) is 2.74. The van der Waals surface area contributed by atoms with Crippen molar-refractivity contribution in [2.45, 2.75) is 45.3 Å². The lowest BCUT2D eigenvalue weighted by Gasteiger charge is -2.35. The summed E-state index contributed by atoms with van der Waals surface area (Å²) in [6.45, 7) is 12.9. The van der Waals surface area contributed by atoms with Crippen LogP contribution in [0.3, 0.4) is 0 Å². The maximum Gasteiger partial charge on any atom is 0.249 e. The van der Waals surface area contributed by atoms with Crippen molar-refractivity contribution < 1.29 is 18.7 Å². The van der Waals surface area contributed by atoms with Crippen LogP contribution in [-0.2, 0) is 14.3 Å². The van der Waals surface area contributed by atoms with Crippen molar-refractivity contribution in [3.8, 4) is 0 Å². The summed E-state index contributed by atoms with van der Waals surface area (Å²) < 4.78 is 19.4. The lowest BCUT2D eigenvalue weighted by Crippen LogP contribution is -2.47. The summed E-state index contributed by atoms with van der Waals surface area (Å²) in [5, 5.41) is 5.28. The number of rotatable bonds is 4. The minimum absolute atomic E-state index is 0.0417. The van der Waals surface area contributed by atoms with E-state index in [0.29, 0.717) is 17.8 Å². The van der Waals surface area contributed by atoms with Gasteiger partial charge in [0.1, 0.15) is 11.9 Å². The first-order chi connectivity index (χ1) is 14.1. The maximum absolute atomic E-state index is 14.5.